The second-order valence-electron chi connectivity index (χ2n) is 4.54. The predicted molar refractivity (Wildman–Crippen MR) is 79.9 cm³/mol. The fourth-order valence-corrected chi connectivity index (χ4v) is 1.91. The fraction of sp³-hybridized carbons (Fsp3) is 0.571. The molecule has 0 bridgehead atoms. The molecule has 0 atom stereocenters. The number of nitro groups is 1. The molecule has 0 aliphatic heterocycles. The smallest absolute Gasteiger partial charge is 0.273 e. The molecular weight excluding hydrogens is 242 g/mol. The van der Waals surface area contributed by atoms with E-state index in [9.17, 15) is 10.1 Å². The van der Waals surface area contributed by atoms with Gasteiger partial charge < -0.3 is 10.6 Å². The first kappa shape index (κ1) is 15.3. The molecular formula is C14H23N3O2. The van der Waals surface area contributed by atoms with Crippen molar-refractivity contribution in [3.05, 3.63) is 28.3 Å². The summed E-state index contributed by atoms with van der Waals surface area (Å²) in [4.78, 5) is 10.5. The summed E-state index contributed by atoms with van der Waals surface area (Å²) in [6.45, 7) is 5.75. The first-order chi connectivity index (χ1) is 9.17. The highest BCUT2D eigenvalue weighted by molar-refractivity contribution is 5.63. The topological polar surface area (TPSA) is 67.2 Å². The second kappa shape index (κ2) is 8.34. The summed E-state index contributed by atoms with van der Waals surface area (Å²) < 4.78 is 0. The Hall–Kier alpha value is -1.78. The van der Waals surface area contributed by atoms with Crippen LogP contribution in [0.1, 0.15) is 39.5 Å². The van der Waals surface area contributed by atoms with E-state index in [1.807, 2.05) is 13.0 Å². The summed E-state index contributed by atoms with van der Waals surface area (Å²) >= 11 is 0. The Morgan fingerprint density at radius 1 is 1.05 bits per heavy atom. The van der Waals surface area contributed by atoms with Crippen LogP contribution >= 0.6 is 0 Å². The normalized spacial score (nSPS) is 10.2. The van der Waals surface area contributed by atoms with Crippen molar-refractivity contribution in [2.75, 3.05) is 23.7 Å². The second-order valence-corrected chi connectivity index (χ2v) is 4.54. The summed E-state index contributed by atoms with van der Waals surface area (Å²) in [5, 5.41) is 17.2. The number of unbranched alkanes of at least 4 members (excludes halogenated alkanes) is 3. The maximum atomic E-state index is 10.9. The Morgan fingerprint density at radius 2 is 1.74 bits per heavy atom. The van der Waals surface area contributed by atoms with E-state index in [0.29, 0.717) is 0 Å². The van der Waals surface area contributed by atoms with Crippen molar-refractivity contribution in [1.29, 1.82) is 0 Å². The molecule has 0 aromatic heterocycles. The highest BCUT2D eigenvalue weighted by atomic mass is 16.6. The number of non-ortho nitro benzene ring substituents is 1. The maximum absolute atomic E-state index is 10.9. The maximum Gasteiger partial charge on any atom is 0.273 e. The number of nitrogens with zero attached hydrogens (tertiary/aromatic N) is 1. The molecule has 2 N–H and O–H groups in total. The van der Waals surface area contributed by atoms with Gasteiger partial charge in [0.2, 0.25) is 0 Å². The van der Waals surface area contributed by atoms with Crippen LogP contribution in [0.4, 0.5) is 17.1 Å². The van der Waals surface area contributed by atoms with Crippen LogP contribution in [0.5, 0.6) is 0 Å². The van der Waals surface area contributed by atoms with Gasteiger partial charge >= 0.3 is 0 Å². The molecule has 0 saturated heterocycles. The van der Waals surface area contributed by atoms with Gasteiger partial charge in [-0.15, -0.1) is 0 Å². The largest absolute Gasteiger partial charge is 0.385 e. The van der Waals surface area contributed by atoms with Crippen LogP contribution in [0, 0.1) is 10.1 Å². The lowest BCUT2D eigenvalue weighted by Gasteiger charge is -2.09. The summed E-state index contributed by atoms with van der Waals surface area (Å²) in [6.07, 6.45) is 4.73. The Morgan fingerprint density at radius 3 is 2.32 bits per heavy atom. The van der Waals surface area contributed by atoms with E-state index < -0.39 is 0 Å². The number of nitrogens with one attached hydrogen (secondary N) is 2. The van der Waals surface area contributed by atoms with Crippen LogP contribution in [0.3, 0.4) is 0 Å². The van der Waals surface area contributed by atoms with Gasteiger partial charge in [-0.1, -0.05) is 26.2 Å². The standard InChI is InChI=1S/C14H23N3O2/c1-3-5-6-7-8-16-13-9-12(15-4-2)10-14(11-13)17(18)19/h9-11,15-16H,3-8H2,1-2H3. The molecule has 1 rings (SSSR count). The molecule has 106 valence electrons. The monoisotopic (exact) mass is 265 g/mol. The lowest BCUT2D eigenvalue weighted by Crippen LogP contribution is -2.04. The molecule has 19 heavy (non-hydrogen) atoms. The molecule has 5 nitrogen and oxygen atoms in total. The molecule has 0 unspecified atom stereocenters. The van der Waals surface area contributed by atoms with Crippen LogP contribution < -0.4 is 10.6 Å². The number of benzene rings is 1. The minimum absolute atomic E-state index is 0.120. The Labute approximate surface area is 114 Å². The van der Waals surface area contributed by atoms with Crippen LogP contribution in [0.25, 0.3) is 0 Å². The third kappa shape index (κ3) is 5.59. The van der Waals surface area contributed by atoms with Crippen molar-refractivity contribution >= 4 is 17.1 Å². The third-order valence-corrected chi connectivity index (χ3v) is 2.87. The molecule has 0 spiro atoms. The zero-order valence-electron chi connectivity index (χ0n) is 11.7. The molecule has 0 saturated carbocycles. The average molecular weight is 265 g/mol. The number of anilines is 2. The molecule has 1 aromatic carbocycles. The predicted octanol–water partition coefficient (Wildman–Crippen LogP) is 4.02. The lowest BCUT2D eigenvalue weighted by molar-refractivity contribution is -0.384. The quantitative estimate of drug-likeness (QED) is 0.402. The minimum Gasteiger partial charge on any atom is -0.385 e. The SMILES string of the molecule is CCCCCCNc1cc(NCC)cc([N+](=O)[O-])c1. The molecule has 1 aromatic rings. The number of rotatable bonds is 9. The van der Waals surface area contributed by atoms with E-state index in [1.54, 1.807) is 12.1 Å². The van der Waals surface area contributed by atoms with Gasteiger partial charge in [0, 0.05) is 36.6 Å². The zero-order chi connectivity index (χ0) is 14.1. The van der Waals surface area contributed by atoms with E-state index in [0.717, 1.165) is 30.9 Å². The van der Waals surface area contributed by atoms with Crippen molar-refractivity contribution in [1.82, 2.24) is 0 Å². The number of nitro benzene ring substituents is 1. The molecule has 0 fully saturated rings. The van der Waals surface area contributed by atoms with E-state index in [4.69, 9.17) is 0 Å². The highest BCUT2D eigenvalue weighted by Crippen LogP contribution is 2.24. The Bertz CT molecular complexity index is 408. The van der Waals surface area contributed by atoms with Gasteiger partial charge in [0.05, 0.1) is 4.92 Å². The fourth-order valence-electron chi connectivity index (χ4n) is 1.91. The van der Waals surface area contributed by atoms with E-state index in [1.165, 1.54) is 19.3 Å². The van der Waals surface area contributed by atoms with Gasteiger partial charge in [-0.25, -0.2) is 0 Å². The summed E-state index contributed by atoms with van der Waals surface area (Å²) in [6, 6.07) is 5.06. The first-order valence-electron chi connectivity index (χ1n) is 6.94. The van der Waals surface area contributed by atoms with Gasteiger partial charge in [-0.05, 0) is 19.4 Å². The molecule has 0 aliphatic rings. The minimum atomic E-state index is -0.358. The van der Waals surface area contributed by atoms with Gasteiger partial charge in [0.1, 0.15) is 0 Å². The van der Waals surface area contributed by atoms with Crippen molar-refractivity contribution in [2.45, 2.75) is 39.5 Å². The molecule has 0 radical (unpaired) electrons. The summed E-state index contributed by atoms with van der Waals surface area (Å²) in [7, 11) is 0. The Kier molecular flexibility index (Phi) is 6.71. The van der Waals surface area contributed by atoms with Crippen LogP contribution in [0.15, 0.2) is 18.2 Å². The number of hydrogen-bond acceptors (Lipinski definition) is 4. The van der Waals surface area contributed by atoms with Gasteiger partial charge in [-0.2, -0.15) is 0 Å². The Balaban J connectivity index is 2.62. The van der Waals surface area contributed by atoms with Crippen molar-refractivity contribution in [2.24, 2.45) is 0 Å². The highest BCUT2D eigenvalue weighted by Gasteiger charge is 2.09. The number of hydrogen-bond donors (Lipinski definition) is 2. The van der Waals surface area contributed by atoms with Crippen LogP contribution in [-0.2, 0) is 0 Å². The third-order valence-electron chi connectivity index (χ3n) is 2.87. The van der Waals surface area contributed by atoms with E-state index in [2.05, 4.69) is 17.6 Å². The average Bonchev–Trinajstić information content (AvgIpc) is 2.38. The summed E-state index contributed by atoms with van der Waals surface area (Å²) in [5.41, 5.74) is 1.71. The molecule has 0 aliphatic carbocycles. The molecule has 0 heterocycles. The molecule has 0 amide bonds. The zero-order valence-corrected chi connectivity index (χ0v) is 11.7. The van der Waals surface area contributed by atoms with Crippen molar-refractivity contribution in [3.63, 3.8) is 0 Å². The van der Waals surface area contributed by atoms with Gasteiger partial charge in [0.25, 0.3) is 5.69 Å². The van der Waals surface area contributed by atoms with E-state index in [-0.39, 0.29) is 10.6 Å². The van der Waals surface area contributed by atoms with Crippen LogP contribution in [0.2, 0.25) is 0 Å². The van der Waals surface area contributed by atoms with E-state index >= 15 is 0 Å². The molecule has 5 heteroatoms. The van der Waals surface area contributed by atoms with Crippen molar-refractivity contribution in [3.8, 4) is 0 Å². The van der Waals surface area contributed by atoms with Gasteiger partial charge in [-0.3, -0.25) is 10.1 Å². The summed E-state index contributed by atoms with van der Waals surface area (Å²) in [5.74, 6) is 0. The first-order valence-corrected chi connectivity index (χ1v) is 6.94. The lowest BCUT2D eigenvalue weighted by atomic mass is 10.2. The van der Waals surface area contributed by atoms with Gasteiger partial charge in [0.15, 0.2) is 0 Å². The van der Waals surface area contributed by atoms with Crippen LogP contribution in [-0.4, -0.2) is 18.0 Å². The van der Waals surface area contributed by atoms with Crippen molar-refractivity contribution < 1.29 is 4.92 Å².